The van der Waals surface area contributed by atoms with Crippen LogP contribution < -0.4 is 11.3 Å². The summed E-state index contributed by atoms with van der Waals surface area (Å²) in [6, 6.07) is 6.40. The first kappa shape index (κ1) is 13.7. The summed E-state index contributed by atoms with van der Waals surface area (Å²) in [5.74, 6) is 5.63. The van der Waals surface area contributed by atoms with Crippen molar-refractivity contribution in [3.8, 4) is 0 Å². The Hall–Kier alpha value is -0.750. The van der Waals surface area contributed by atoms with Gasteiger partial charge in [-0.05, 0) is 51.0 Å². The standard InChI is InChI=1S/C13H16BrN3S/c1-2-9-3-4-11(16-7-9)6-12(17-15)10-5-13(14)18-8-10/h3-5,7-8,12,17H,2,6,15H2,1H3. The molecule has 2 rings (SSSR count). The number of hydrogen-bond donors (Lipinski definition) is 2. The van der Waals surface area contributed by atoms with E-state index in [0.29, 0.717) is 0 Å². The molecule has 0 saturated heterocycles. The lowest BCUT2D eigenvalue weighted by atomic mass is 10.1. The lowest BCUT2D eigenvalue weighted by Crippen LogP contribution is -2.29. The van der Waals surface area contributed by atoms with Gasteiger partial charge in [-0.25, -0.2) is 0 Å². The summed E-state index contributed by atoms with van der Waals surface area (Å²) in [5, 5.41) is 2.11. The summed E-state index contributed by atoms with van der Waals surface area (Å²) in [5.41, 5.74) is 6.36. The molecule has 5 heteroatoms. The zero-order valence-electron chi connectivity index (χ0n) is 10.2. The van der Waals surface area contributed by atoms with Gasteiger partial charge in [-0.15, -0.1) is 11.3 Å². The minimum absolute atomic E-state index is 0.104. The number of thiophene rings is 1. The molecule has 0 bridgehead atoms. The lowest BCUT2D eigenvalue weighted by Gasteiger charge is -2.14. The molecular formula is C13H16BrN3S. The Kier molecular flexibility index (Phi) is 4.88. The Labute approximate surface area is 120 Å². The summed E-state index contributed by atoms with van der Waals surface area (Å²) in [4.78, 5) is 4.47. The topological polar surface area (TPSA) is 50.9 Å². The molecule has 3 nitrogen and oxygen atoms in total. The number of nitrogens with one attached hydrogen (secondary N) is 1. The van der Waals surface area contributed by atoms with Crippen LogP contribution in [0.2, 0.25) is 0 Å². The molecule has 0 aliphatic heterocycles. The second kappa shape index (κ2) is 6.43. The van der Waals surface area contributed by atoms with Gasteiger partial charge in [0.1, 0.15) is 0 Å². The third-order valence-corrected chi connectivity index (χ3v) is 4.42. The quantitative estimate of drug-likeness (QED) is 0.655. The molecular weight excluding hydrogens is 310 g/mol. The number of pyridine rings is 1. The van der Waals surface area contributed by atoms with Crippen molar-refractivity contribution in [2.75, 3.05) is 0 Å². The Bertz CT molecular complexity index is 495. The number of aryl methyl sites for hydroxylation is 1. The van der Waals surface area contributed by atoms with Crippen molar-refractivity contribution >= 4 is 27.3 Å². The average molecular weight is 326 g/mol. The molecule has 1 atom stereocenters. The molecule has 0 saturated carbocycles. The highest BCUT2D eigenvalue weighted by Crippen LogP contribution is 2.26. The van der Waals surface area contributed by atoms with Gasteiger partial charge < -0.3 is 0 Å². The van der Waals surface area contributed by atoms with E-state index < -0.39 is 0 Å². The lowest BCUT2D eigenvalue weighted by molar-refractivity contribution is 0.547. The van der Waals surface area contributed by atoms with Crippen LogP contribution >= 0.6 is 27.3 Å². The molecule has 0 aliphatic carbocycles. The summed E-state index contributed by atoms with van der Waals surface area (Å²) in [6.45, 7) is 2.13. The molecule has 3 N–H and O–H groups in total. The molecule has 0 amide bonds. The van der Waals surface area contributed by atoms with Crippen LogP contribution in [0.15, 0.2) is 33.6 Å². The monoisotopic (exact) mass is 325 g/mol. The molecule has 18 heavy (non-hydrogen) atoms. The summed E-state index contributed by atoms with van der Waals surface area (Å²) in [7, 11) is 0. The van der Waals surface area contributed by atoms with Crippen molar-refractivity contribution in [3.05, 3.63) is 50.4 Å². The summed E-state index contributed by atoms with van der Waals surface area (Å²) < 4.78 is 1.12. The third-order valence-electron chi connectivity index (χ3n) is 2.90. The third kappa shape index (κ3) is 3.38. The molecule has 0 radical (unpaired) electrons. The van der Waals surface area contributed by atoms with Crippen LogP contribution in [-0.2, 0) is 12.8 Å². The normalized spacial score (nSPS) is 12.6. The Morgan fingerprint density at radius 2 is 2.33 bits per heavy atom. The van der Waals surface area contributed by atoms with Crippen LogP contribution in [0.25, 0.3) is 0 Å². The number of hydrazine groups is 1. The van der Waals surface area contributed by atoms with E-state index in [2.05, 4.69) is 56.8 Å². The van der Waals surface area contributed by atoms with Gasteiger partial charge in [0.25, 0.3) is 0 Å². The van der Waals surface area contributed by atoms with E-state index in [0.717, 1.165) is 22.3 Å². The van der Waals surface area contributed by atoms with Crippen molar-refractivity contribution in [2.45, 2.75) is 25.8 Å². The summed E-state index contributed by atoms with van der Waals surface area (Å²) >= 11 is 5.13. The molecule has 2 heterocycles. The summed E-state index contributed by atoms with van der Waals surface area (Å²) in [6.07, 6.45) is 3.75. The maximum Gasteiger partial charge on any atom is 0.0701 e. The van der Waals surface area contributed by atoms with Crippen LogP contribution in [-0.4, -0.2) is 4.98 Å². The number of rotatable bonds is 5. The average Bonchev–Trinajstić information content (AvgIpc) is 2.83. The van der Waals surface area contributed by atoms with E-state index >= 15 is 0 Å². The molecule has 1 unspecified atom stereocenters. The minimum atomic E-state index is 0.104. The molecule has 0 fully saturated rings. The fraction of sp³-hybridized carbons (Fsp3) is 0.308. The first-order valence-corrected chi connectivity index (χ1v) is 7.54. The SMILES string of the molecule is CCc1ccc(CC(NN)c2csc(Br)c2)nc1. The molecule has 2 aromatic rings. The predicted molar refractivity (Wildman–Crippen MR) is 79.4 cm³/mol. The number of aromatic nitrogens is 1. The highest BCUT2D eigenvalue weighted by molar-refractivity contribution is 9.11. The van der Waals surface area contributed by atoms with E-state index in [1.165, 1.54) is 11.1 Å². The van der Waals surface area contributed by atoms with Gasteiger partial charge in [-0.3, -0.25) is 16.3 Å². The number of halogens is 1. The molecule has 2 aromatic heterocycles. The first-order valence-electron chi connectivity index (χ1n) is 5.86. The smallest absolute Gasteiger partial charge is 0.0701 e. The van der Waals surface area contributed by atoms with Gasteiger partial charge >= 0.3 is 0 Å². The number of hydrogen-bond acceptors (Lipinski definition) is 4. The molecule has 0 aromatic carbocycles. The van der Waals surface area contributed by atoms with E-state index in [1.807, 2.05) is 6.20 Å². The van der Waals surface area contributed by atoms with Gasteiger partial charge in [0.2, 0.25) is 0 Å². The fourth-order valence-electron chi connectivity index (χ4n) is 1.77. The Balaban J connectivity index is 2.10. The van der Waals surface area contributed by atoms with E-state index in [4.69, 9.17) is 5.84 Å². The highest BCUT2D eigenvalue weighted by Gasteiger charge is 2.12. The van der Waals surface area contributed by atoms with Crippen molar-refractivity contribution in [2.24, 2.45) is 5.84 Å². The Morgan fingerprint density at radius 3 is 2.83 bits per heavy atom. The predicted octanol–water partition coefficient (Wildman–Crippen LogP) is 3.22. The van der Waals surface area contributed by atoms with Gasteiger partial charge in [0.15, 0.2) is 0 Å². The van der Waals surface area contributed by atoms with E-state index in [-0.39, 0.29) is 6.04 Å². The van der Waals surface area contributed by atoms with Crippen LogP contribution in [0.1, 0.15) is 29.8 Å². The van der Waals surface area contributed by atoms with E-state index in [1.54, 1.807) is 11.3 Å². The molecule has 0 spiro atoms. The molecule has 0 aliphatic rings. The van der Waals surface area contributed by atoms with Gasteiger partial charge in [-0.2, -0.15) is 0 Å². The van der Waals surface area contributed by atoms with Crippen LogP contribution in [0, 0.1) is 0 Å². The van der Waals surface area contributed by atoms with Crippen LogP contribution in [0.3, 0.4) is 0 Å². The van der Waals surface area contributed by atoms with Crippen molar-refractivity contribution in [1.82, 2.24) is 10.4 Å². The zero-order chi connectivity index (χ0) is 13.0. The largest absolute Gasteiger partial charge is 0.271 e. The maximum atomic E-state index is 5.63. The first-order chi connectivity index (χ1) is 8.72. The van der Waals surface area contributed by atoms with Crippen molar-refractivity contribution in [3.63, 3.8) is 0 Å². The Morgan fingerprint density at radius 1 is 1.50 bits per heavy atom. The minimum Gasteiger partial charge on any atom is -0.271 e. The maximum absolute atomic E-state index is 5.63. The second-order valence-electron chi connectivity index (χ2n) is 4.12. The van der Waals surface area contributed by atoms with Crippen molar-refractivity contribution in [1.29, 1.82) is 0 Å². The van der Waals surface area contributed by atoms with Crippen molar-refractivity contribution < 1.29 is 0 Å². The van der Waals surface area contributed by atoms with Crippen LogP contribution in [0.4, 0.5) is 0 Å². The van der Waals surface area contributed by atoms with Gasteiger partial charge in [0.05, 0.1) is 9.83 Å². The second-order valence-corrected chi connectivity index (χ2v) is 6.41. The zero-order valence-corrected chi connectivity index (χ0v) is 12.6. The fourth-order valence-corrected chi connectivity index (χ4v) is 3.00. The number of nitrogens with two attached hydrogens (primary N) is 1. The van der Waals surface area contributed by atoms with Gasteiger partial charge in [-0.1, -0.05) is 13.0 Å². The number of nitrogens with zero attached hydrogens (tertiary/aromatic N) is 1. The van der Waals surface area contributed by atoms with E-state index in [9.17, 15) is 0 Å². The van der Waals surface area contributed by atoms with Crippen LogP contribution in [0.5, 0.6) is 0 Å². The van der Waals surface area contributed by atoms with Gasteiger partial charge in [0, 0.05) is 18.3 Å². The molecule has 96 valence electrons. The highest BCUT2D eigenvalue weighted by atomic mass is 79.9.